The summed E-state index contributed by atoms with van der Waals surface area (Å²) in [5, 5.41) is 2.69. The Bertz CT molecular complexity index is 1640. The second-order valence-electron chi connectivity index (χ2n) is 8.57. The molecule has 1 aromatic heterocycles. The minimum Gasteiger partial charge on any atom is -0.376 e. The van der Waals surface area contributed by atoms with Crippen LogP contribution in [-0.2, 0) is 0 Å². The summed E-state index contributed by atoms with van der Waals surface area (Å²) in [5.74, 6) is 0. The van der Waals surface area contributed by atoms with Crippen molar-refractivity contribution in [3.63, 3.8) is 0 Å². The Labute approximate surface area is 197 Å². The summed E-state index contributed by atoms with van der Waals surface area (Å²) < 4.78 is 2.69. The second-order valence-corrected chi connectivity index (χ2v) is 9.65. The van der Waals surface area contributed by atoms with Gasteiger partial charge in [-0.1, -0.05) is 91.0 Å². The molecule has 1 aliphatic rings. The molecule has 0 bridgehead atoms. The van der Waals surface area contributed by atoms with E-state index in [1.165, 1.54) is 53.6 Å². The molecule has 1 aliphatic heterocycles. The van der Waals surface area contributed by atoms with Crippen molar-refractivity contribution in [1.82, 2.24) is 0 Å². The van der Waals surface area contributed by atoms with Gasteiger partial charge < -0.3 is 4.81 Å². The van der Waals surface area contributed by atoms with E-state index in [1.807, 2.05) is 11.3 Å². The highest BCUT2D eigenvalue weighted by Gasteiger charge is 2.36. The molecule has 6 aromatic rings. The van der Waals surface area contributed by atoms with Crippen molar-refractivity contribution in [3.05, 3.63) is 121 Å². The number of benzene rings is 5. The van der Waals surface area contributed by atoms with Crippen LogP contribution in [0, 0.1) is 0 Å². The normalized spacial score (nSPS) is 12.7. The average molecular weight is 437 g/mol. The number of hydrogen-bond donors (Lipinski definition) is 0. The van der Waals surface area contributed by atoms with Crippen LogP contribution in [0.2, 0.25) is 0 Å². The van der Waals surface area contributed by atoms with Crippen LogP contribution >= 0.6 is 11.3 Å². The maximum absolute atomic E-state index is 2.51. The van der Waals surface area contributed by atoms with Gasteiger partial charge in [0.25, 0.3) is 0 Å². The van der Waals surface area contributed by atoms with Crippen molar-refractivity contribution in [2.75, 3.05) is 4.81 Å². The summed E-state index contributed by atoms with van der Waals surface area (Å²) in [6, 6.07) is 44.2. The van der Waals surface area contributed by atoms with Crippen LogP contribution < -0.4 is 15.7 Å². The molecule has 0 fully saturated rings. The highest BCUT2D eigenvalue weighted by molar-refractivity contribution is 7.25. The Morgan fingerprint density at radius 1 is 0.545 bits per heavy atom. The van der Waals surface area contributed by atoms with Crippen LogP contribution in [0.5, 0.6) is 0 Å². The van der Waals surface area contributed by atoms with Gasteiger partial charge in [-0.2, -0.15) is 0 Å². The lowest BCUT2D eigenvalue weighted by atomic mass is 9.45. The molecule has 0 N–H and O–H groups in total. The van der Waals surface area contributed by atoms with Crippen molar-refractivity contribution in [1.29, 1.82) is 0 Å². The first-order chi connectivity index (χ1) is 16.4. The third-order valence-corrected chi connectivity index (χ3v) is 7.87. The molecule has 5 aromatic carbocycles. The van der Waals surface area contributed by atoms with E-state index in [0.717, 1.165) is 0 Å². The van der Waals surface area contributed by atoms with Crippen molar-refractivity contribution in [2.45, 2.75) is 0 Å². The van der Waals surface area contributed by atoms with Crippen molar-refractivity contribution in [2.24, 2.45) is 0 Å². The molecule has 0 atom stereocenters. The molecule has 0 unspecified atom stereocenters. The first kappa shape index (κ1) is 18.7. The molecule has 0 amide bonds. The minimum atomic E-state index is 0.0987. The third kappa shape index (κ3) is 2.86. The predicted octanol–water partition coefficient (Wildman–Crippen LogP) is 6.98. The van der Waals surface area contributed by atoms with Crippen LogP contribution in [-0.4, -0.2) is 6.85 Å². The molecule has 0 radical (unpaired) electrons. The Morgan fingerprint density at radius 3 is 2.15 bits per heavy atom. The molecule has 0 saturated heterocycles. The molecule has 33 heavy (non-hydrogen) atoms. The topological polar surface area (TPSA) is 3.24 Å². The van der Waals surface area contributed by atoms with Gasteiger partial charge >= 0.3 is 6.85 Å². The monoisotopic (exact) mass is 437 g/mol. The van der Waals surface area contributed by atoms with E-state index in [0.29, 0.717) is 0 Å². The molecule has 0 aliphatic carbocycles. The van der Waals surface area contributed by atoms with Crippen LogP contribution in [0.1, 0.15) is 0 Å². The molecule has 154 valence electrons. The largest absolute Gasteiger partial charge is 0.376 e. The summed E-state index contributed by atoms with van der Waals surface area (Å²) in [7, 11) is 0. The molecule has 2 heterocycles. The number of hydrogen-bond acceptors (Lipinski definition) is 2. The molecule has 0 spiro atoms. The smallest absolute Gasteiger partial charge is 0.328 e. The summed E-state index contributed by atoms with van der Waals surface area (Å²) in [5.41, 5.74) is 7.73. The Hall–Kier alpha value is -3.82. The number of fused-ring (bicyclic) bond motifs is 6. The summed E-state index contributed by atoms with van der Waals surface area (Å²) in [6.07, 6.45) is 0. The summed E-state index contributed by atoms with van der Waals surface area (Å²) in [6.45, 7) is 0.0987. The van der Waals surface area contributed by atoms with Gasteiger partial charge in [-0.25, -0.2) is 0 Å². The van der Waals surface area contributed by atoms with E-state index >= 15 is 0 Å². The second kappa shape index (κ2) is 7.36. The van der Waals surface area contributed by atoms with Crippen LogP contribution in [0.3, 0.4) is 0 Å². The standard InChI is InChI=1S/C30H20BNS/c1-2-10-22(11-3-1)32-28-16-8-5-13-24(28)23-12-4-7-15-27(23)31(32)21-18-19-30-26(20-21)25-14-6-9-17-29(25)33-30/h1-20H. The predicted molar refractivity (Wildman–Crippen MR) is 145 cm³/mol. The van der Waals surface area contributed by atoms with Crippen molar-refractivity contribution in [3.8, 4) is 11.1 Å². The fourth-order valence-corrected chi connectivity index (χ4v) is 6.38. The quantitative estimate of drug-likeness (QED) is 0.264. The maximum Gasteiger partial charge on any atom is 0.328 e. The van der Waals surface area contributed by atoms with E-state index < -0.39 is 0 Å². The Kier molecular flexibility index (Phi) is 4.18. The summed E-state index contributed by atoms with van der Waals surface area (Å²) >= 11 is 1.87. The first-order valence-electron chi connectivity index (χ1n) is 11.3. The summed E-state index contributed by atoms with van der Waals surface area (Å²) in [4.78, 5) is 2.51. The molecule has 7 rings (SSSR count). The van der Waals surface area contributed by atoms with E-state index in [-0.39, 0.29) is 6.85 Å². The maximum atomic E-state index is 2.51. The van der Waals surface area contributed by atoms with Gasteiger partial charge in [0.15, 0.2) is 0 Å². The molecule has 0 saturated carbocycles. The van der Waals surface area contributed by atoms with Gasteiger partial charge in [-0.3, -0.25) is 0 Å². The SMILES string of the molecule is c1ccc(N2B(c3ccc4sc5ccccc5c4c3)c3ccccc3-c3ccccc32)cc1. The lowest BCUT2D eigenvalue weighted by Crippen LogP contribution is -2.57. The van der Waals surface area contributed by atoms with Gasteiger partial charge in [0, 0.05) is 31.7 Å². The number of rotatable bonds is 2. The van der Waals surface area contributed by atoms with E-state index in [9.17, 15) is 0 Å². The van der Waals surface area contributed by atoms with E-state index in [4.69, 9.17) is 0 Å². The van der Waals surface area contributed by atoms with Crippen molar-refractivity contribution < 1.29 is 0 Å². The molecular weight excluding hydrogens is 417 g/mol. The van der Waals surface area contributed by atoms with Crippen LogP contribution in [0.25, 0.3) is 31.3 Å². The number of nitrogens with zero attached hydrogens (tertiary/aromatic N) is 1. The van der Waals surface area contributed by atoms with Gasteiger partial charge in [0.2, 0.25) is 0 Å². The number of anilines is 2. The van der Waals surface area contributed by atoms with E-state index in [2.05, 4.69) is 126 Å². The van der Waals surface area contributed by atoms with Crippen LogP contribution in [0.4, 0.5) is 11.4 Å². The lowest BCUT2D eigenvalue weighted by Gasteiger charge is -2.39. The number of para-hydroxylation sites is 2. The molecule has 1 nitrogen and oxygen atoms in total. The first-order valence-corrected chi connectivity index (χ1v) is 12.1. The van der Waals surface area contributed by atoms with Crippen molar-refractivity contribution >= 4 is 60.7 Å². The van der Waals surface area contributed by atoms with E-state index in [1.54, 1.807) is 0 Å². The highest BCUT2D eigenvalue weighted by Crippen LogP contribution is 2.40. The zero-order chi connectivity index (χ0) is 21.8. The highest BCUT2D eigenvalue weighted by atomic mass is 32.1. The third-order valence-electron chi connectivity index (χ3n) is 6.72. The average Bonchev–Trinajstić information content (AvgIpc) is 3.26. The zero-order valence-corrected chi connectivity index (χ0v) is 18.8. The zero-order valence-electron chi connectivity index (χ0n) is 18.0. The Morgan fingerprint density at radius 2 is 1.24 bits per heavy atom. The minimum absolute atomic E-state index is 0.0987. The van der Waals surface area contributed by atoms with Gasteiger partial charge in [0.1, 0.15) is 0 Å². The lowest BCUT2D eigenvalue weighted by molar-refractivity contribution is 1.36. The number of thiophene rings is 1. The van der Waals surface area contributed by atoms with Gasteiger partial charge in [0.05, 0.1) is 0 Å². The fraction of sp³-hybridized carbons (Fsp3) is 0. The fourth-order valence-electron chi connectivity index (χ4n) is 5.29. The molecular formula is C30H20BNS. The molecule has 3 heteroatoms. The van der Waals surface area contributed by atoms with Gasteiger partial charge in [-0.15, -0.1) is 11.3 Å². The Balaban J connectivity index is 1.53. The van der Waals surface area contributed by atoms with Gasteiger partial charge in [-0.05, 0) is 52.2 Å². The van der Waals surface area contributed by atoms with Crippen LogP contribution in [0.15, 0.2) is 121 Å².